The standard InChI is InChI=1S/C23H25F3N4O3/c1-23(2,12-31)30-20-18(29(8-7-24)22(30)33)10-14(11-27-20)17-9-13(3-6-16(17)19(25)26)21(32)28-15-4-5-15/h3,6,9-11,15,19,31H,4-5,7-8,12H2,1-2H3,(H,28,32). The molecule has 176 valence electrons. The van der Waals surface area contributed by atoms with E-state index >= 15 is 0 Å². The highest BCUT2D eigenvalue weighted by Gasteiger charge is 2.28. The maximum absolute atomic E-state index is 13.8. The SMILES string of the molecule is CC(C)(CO)n1c(=O)n(CCF)c2cc(-c3cc(C(=O)NC4CC4)ccc3C(F)F)cnc21. The number of pyridine rings is 1. The third kappa shape index (κ3) is 4.27. The number of halogens is 3. The average Bonchev–Trinajstić information content (AvgIpc) is 3.56. The lowest BCUT2D eigenvalue weighted by Gasteiger charge is -2.23. The smallest absolute Gasteiger partial charge is 0.331 e. The van der Waals surface area contributed by atoms with Crippen LogP contribution < -0.4 is 11.0 Å². The minimum atomic E-state index is -2.80. The normalized spacial score (nSPS) is 14.3. The van der Waals surface area contributed by atoms with E-state index in [4.69, 9.17) is 0 Å². The van der Waals surface area contributed by atoms with Crippen molar-refractivity contribution in [3.05, 3.63) is 52.1 Å². The van der Waals surface area contributed by atoms with Crippen LogP contribution >= 0.6 is 0 Å². The third-order valence-electron chi connectivity index (χ3n) is 5.85. The van der Waals surface area contributed by atoms with Crippen LogP contribution in [0.1, 0.15) is 49.0 Å². The summed E-state index contributed by atoms with van der Waals surface area (Å²) in [6.07, 6.45) is 0.320. The molecule has 33 heavy (non-hydrogen) atoms. The number of nitrogens with zero attached hydrogens (tertiary/aromatic N) is 3. The first-order valence-corrected chi connectivity index (χ1v) is 10.7. The van der Waals surface area contributed by atoms with Gasteiger partial charge in [0, 0.05) is 28.9 Å². The topological polar surface area (TPSA) is 89.2 Å². The van der Waals surface area contributed by atoms with E-state index in [0.29, 0.717) is 0 Å². The molecule has 1 aromatic carbocycles. The van der Waals surface area contributed by atoms with Crippen molar-refractivity contribution >= 4 is 17.1 Å². The monoisotopic (exact) mass is 462 g/mol. The molecule has 1 aliphatic rings. The molecule has 1 fully saturated rings. The van der Waals surface area contributed by atoms with E-state index in [1.54, 1.807) is 13.8 Å². The molecule has 2 aromatic heterocycles. The van der Waals surface area contributed by atoms with Crippen molar-refractivity contribution in [1.82, 2.24) is 19.4 Å². The molecule has 10 heteroatoms. The summed E-state index contributed by atoms with van der Waals surface area (Å²) in [5, 5.41) is 12.6. The summed E-state index contributed by atoms with van der Waals surface area (Å²) in [5.74, 6) is -0.348. The number of carbonyl (C=O) groups excluding carboxylic acids is 1. The molecular weight excluding hydrogens is 437 g/mol. The number of rotatable bonds is 8. The van der Waals surface area contributed by atoms with Gasteiger partial charge in [0.05, 0.1) is 24.2 Å². The summed E-state index contributed by atoms with van der Waals surface area (Å²) in [4.78, 5) is 29.8. The first kappa shape index (κ1) is 23.0. The van der Waals surface area contributed by atoms with Crippen LogP contribution in [0.5, 0.6) is 0 Å². The zero-order chi connectivity index (χ0) is 23.9. The second kappa shape index (κ2) is 8.66. The van der Waals surface area contributed by atoms with Crippen molar-refractivity contribution in [2.75, 3.05) is 13.3 Å². The van der Waals surface area contributed by atoms with Crippen molar-refractivity contribution in [2.24, 2.45) is 0 Å². The van der Waals surface area contributed by atoms with Gasteiger partial charge in [0.25, 0.3) is 12.3 Å². The predicted molar refractivity (Wildman–Crippen MR) is 117 cm³/mol. The Morgan fingerprint density at radius 2 is 2.03 bits per heavy atom. The minimum Gasteiger partial charge on any atom is -0.394 e. The number of aromatic nitrogens is 3. The number of fused-ring (bicyclic) bond motifs is 1. The van der Waals surface area contributed by atoms with Gasteiger partial charge in [0.1, 0.15) is 6.67 Å². The molecule has 0 saturated heterocycles. The lowest BCUT2D eigenvalue weighted by Crippen LogP contribution is -2.40. The number of hydrogen-bond donors (Lipinski definition) is 2. The number of alkyl halides is 3. The number of aliphatic hydroxyl groups excluding tert-OH is 1. The van der Waals surface area contributed by atoms with Crippen molar-refractivity contribution < 1.29 is 23.1 Å². The molecule has 2 heterocycles. The Bertz CT molecular complexity index is 1260. The molecular formula is C23H25F3N4O3. The predicted octanol–water partition coefficient (Wildman–Crippen LogP) is 3.39. The molecule has 0 unspecified atom stereocenters. The van der Waals surface area contributed by atoms with Crippen LogP contribution in [0.25, 0.3) is 22.3 Å². The van der Waals surface area contributed by atoms with E-state index in [9.17, 15) is 27.9 Å². The van der Waals surface area contributed by atoms with Gasteiger partial charge >= 0.3 is 5.69 Å². The molecule has 1 aliphatic carbocycles. The van der Waals surface area contributed by atoms with E-state index in [2.05, 4.69) is 10.3 Å². The van der Waals surface area contributed by atoms with E-state index in [0.717, 1.165) is 12.8 Å². The van der Waals surface area contributed by atoms with Crippen LogP contribution in [0.3, 0.4) is 0 Å². The fourth-order valence-corrected chi connectivity index (χ4v) is 3.83. The van der Waals surface area contributed by atoms with Gasteiger partial charge in [0.15, 0.2) is 5.65 Å². The molecule has 4 rings (SSSR count). The number of benzene rings is 1. The Morgan fingerprint density at radius 3 is 2.64 bits per heavy atom. The Labute approximate surface area is 187 Å². The van der Waals surface area contributed by atoms with Gasteiger partial charge in [0.2, 0.25) is 0 Å². The van der Waals surface area contributed by atoms with Crippen molar-refractivity contribution in [3.8, 4) is 11.1 Å². The number of carbonyl (C=O) groups is 1. The summed E-state index contributed by atoms with van der Waals surface area (Å²) in [5.41, 5.74) is -0.780. The molecule has 1 amide bonds. The highest BCUT2D eigenvalue weighted by Crippen LogP contribution is 2.34. The third-order valence-corrected chi connectivity index (χ3v) is 5.85. The molecule has 0 bridgehead atoms. The molecule has 0 aliphatic heterocycles. The number of amides is 1. The lowest BCUT2D eigenvalue weighted by atomic mass is 9.98. The number of imidazole rings is 1. The van der Waals surface area contributed by atoms with E-state index in [1.807, 2.05) is 0 Å². The average molecular weight is 462 g/mol. The van der Waals surface area contributed by atoms with Crippen LogP contribution in [-0.2, 0) is 12.1 Å². The maximum Gasteiger partial charge on any atom is 0.331 e. The Hall–Kier alpha value is -3.14. The minimum absolute atomic E-state index is 0.108. The van der Waals surface area contributed by atoms with Crippen molar-refractivity contribution in [1.29, 1.82) is 0 Å². The van der Waals surface area contributed by atoms with Gasteiger partial charge in [-0.25, -0.2) is 22.9 Å². The number of nitrogens with one attached hydrogen (secondary N) is 1. The van der Waals surface area contributed by atoms with Crippen LogP contribution in [-0.4, -0.2) is 44.5 Å². The first-order chi connectivity index (χ1) is 15.7. The van der Waals surface area contributed by atoms with E-state index in [1.165, 1.54) is 39.6 Å². The summed E-state index contributed by atoms with van der Waals surface area (Å²) in [6, 6.07) is 5.55. The highest BCUT2D eigenvalue weighted by atomic mass is 19.3. The number of hydrogen-bond acceptors (Lipinski definition) is 4. The second-order valence-electron chi connectivity index (χ2n) is 8.85. The lowest BCUT2D eigenvalue weighted by molar-refractivity contribution is 0.0950. The Morgan fingerprint density at radius 1 is 1.30 bits per heavy atom. The maximum atomic E-state index is 13.8. The summed E-state index contributed by atoms with van der Waals surface area (Å²) in [6.45, 7) is 1.85. The fraction of sp³-hybridized carbons (Fsp3) is 0.435. The van der Waals surface area contributed by atoms with Gasteiger partial charge < -0.3 is 10.4 Å². The van der Waals surface area contributed by atoms with Crippen LogP contribution in [0.15, 0.2) is 35.3 Å². The molecule has 3 aromatic rings. The van der Waals surface area contributed by atoms with E-state index in [-0.39, 0.29) is 58.5 Å². The molecule has 2 N–H and O–H groups in total. The zero-order valence-corrected chi connectivity index (χ0v) is 18.3. The van der Waals surface area contributed by atoms with Gasteiger partial charge in [-0.1, -0.05) is 6.07 Å². The second-order valence-corrected chi connectivity index (χ2v) is 8.85. The van der Waals surface area contributed by atoms with Gasteiger partial charge in [-0.3, -0.25) is 13.9 Å². The van der Waals surface area contributed by atoms with Crippen LogP contribution in [0, 0.1) is 0 Å². The Kier molecular flexibility index (Phi) is 6.04. The van der Waals surface area contributed by atoms with Crippen LogP contribution in [0.4, 0.5) is 13.2 Å². The van der Waals surface area contributed by atoms with Gasteiger partial charge in [-0.05, 0) is 50.5 Å². The summed E-state index contributed by atoms with van der Waals surface area (Å²) in [7, 11) is 0. The number of aryl methyl sites for hydroxylation is 1. The first-order valence-electron chi connectivity index (χ1n) is 10.7. The van der Waals surface area contributed by atoms with Crippen molar-refractivity contribution in [2.45, 2.75) is 51.2 Å². The summed E-state index contributed by atoms with van der Waals surface area (Å²) >= 11 is 0. The largest absolute Gasteiger partial charge is 0.394 e. The van der Waals surface area contributed by atoms with Gasteiger partial charge in [-0.2, -0.15) is 0 Å². The molecule has 0 spiro atoms. The van der Waals surface area contributed by atoms with Crippen LogP contribution in [0.2, 0.25) is 0 Å². The van der Waals surface area contributed by atoms with Gasteiger partial charge in [-0.15, -0.1) is 0 Å². The fourth-order valence-electron chi connectivity index (χ4n) is 3.83. The van der Waals surface area contributed by atoms with E-state index < -0.39 is 24.3 Å². The Balaban J connectivity index is 1.90. The van der Waals surface area contributed by atoms with Crippen molar-refractivity contribution in [3.63, 3.8) is 0 Å². The quantitative estimate of drug-likeness (QED) is 0.537. The highest BCUT2D eigenvalue weighted by molar-refractivity contribution is 5.96. The molecule has 0 radical (unpaired) electrons. The zero-order valence-electron chi connectivity index (χ0n) is 18.3. The number of aliphatic hydroxyl groups is 1. The summed E-state index contributed by atoms with van der Waals surface area (Å²) < 4.78 is 43.3. The molecule has 0 atom stereocenters. The molecule has 1 saturated carbocycles. The molecule has 7 nitrogen and oxygen atoms in total.